The van der Waals surface area contributed by atoms with Gasteiger partial charge in [0, 0.05) is 10.4 Å². The van der Waals surface area contributed by atoms with E-state index < -0.39 is 39.3 Å². The average molecular weight is 678 g/mol. The van der Waals surface area contributed by atoms with Gasteiger partial charge in [0.2, 0.25) is 11.8 Å². The van der Waals surface area contributed by atoms with Crippen molar-refractivity contribution in [3.05, 3.63) is 124 Å². The van der Waals surface area contributed by atoms with Crippen LogP contribution in [0.15, 0.2) is 113 Å². The van der Waals surface area contributed by atoms with Gasteiger partial charge in [0.25, 0.3) is 8.32 Å². The van der Waals surface area contributed by atoms with Crippen LogP contribution >= 0.6 is 11.3 Å². The molecule has 1 aliphatic carbocycles. The van der Waals surface area contributed by atoms with Crippen molar-refractivity contribution in [3.8, 4) is 5.75 Å². The third-order valence-electron chi connectivity index (χ3n) is 10.4. The number of likely N-dealkylation sites (tertiary alicyclic amines) is 1. The number of hydrogen-bond donors (Lipinski definition) is 2. The number of carbonyl (C=O) groups is 2. The standard InChI is InChI=1S/C38H40BNO6SSi/c1-38(2,3)48(27-14-6-4-7-15-27,28-16-8-5-9-17-28)45-24-25-21-31-34(37(43)40(36(31)42)23-26-13-12-20-47-26)30-22-33(46-39(44)35(25)30)29-18-10-11-19-32(29)41/h4-20,30-31,33-34,41,44H,21-24H2,1-3H3/t30-,31-,33-,34+/m0/s1. The lowest BCUT2D eigenvalue weighted by Crippen LogP contribution is -2.66. The number of amides is 2. The van der Waals surface area contributed by atoms with Crippen LogP contribution in [0.3, 0.4) is 0 Å². The Morgan fingerprint density at radius 3 is 2.15 bits per heavy atom. The summed E-state index contributed by atoms with van der Waals surface area (Å²) >= 11 is 1.52. The predicted octanol–water partition coefficient (Wildman–Crippen LogP) is 5.63. The van der Waals surface area contributed by atoms with Gasteiger partial charge in [-0.3, -0.25) is 14.5 Å². The molecule has 48 heavy (non-hydrogen) atoms. The number of fused-ring (bicyclic) bond motifs is 3. The number of imide groups is 1. The molecule has 10 heteroatoms. The van der Waals surface area contributed by atoms with E-state index in [1.165, 1.54) is 16.2 Å². The first-order chi connectivity index (χ1) is 23.1. The fourth-order valence-electron chi connectivity index (χ4n) is 8.24. The van der Waals surface area contributed by atoms with E-state index in [9.17, 15) is 19.7 Å². The van der Waals surface area contributed by atoms with Gasteiger partial charge in [-0.2, -0.15) is 0 Å². The molecule has 0 radical (unpaired) electrons. The van der Waals surface area contributed by atoms with Gasteiger partial charge in [0.05, 0.1) is 31.1 Å². The van der Waals surface area contributed by atoms with Gasteiger partial charge < -0.3 is 19.2 Å². The van der Waals surface area contributed by atoms with Gasteiger partial charge in [-0.25, -0.2) is 0 Å². The summed E-state index contributed by atoms with van der Waals surface area (Å²) in [7, 11) is -4.28. The molecule has 2 fully saturated rings. The molecule has 4 aromatic rings. The summed E-state index contributed by atoms with van der Waals surface area (Å²) in [6.45, 7) is 7.08. The Bertz CT molecular complexity index is 1790. The predicted molar refractivity (Wildman–Crippen MR) is 190 cm³/mol. The molecule has 2 N–H and O–H groups in total. The lowest BCUT2D eigenvalue weighted by molar-refractivity contribution is -0.140. The Kier molecular flexibility index (Phi) is 8.80. The van der Waals surface area contributed by atoms with Crippen LogP contribution < -0.4 is 10.4 Å². The van der Waals surface area contributed by atoms with Crippen LogP contribution in [0.1, 0.15) is 50.2 Å². The smallest absolute Gasteiger partial charge is 0.487 e. The number of nitrogens with zero attached hydrogens (tertiary/aromatic N) is 1. The number of phenolic OH excluding ortho intramolecular Hbond substituents is 1. The van der Waals surface area contributed by atoms with E-state index in [2.05, 4.69) is 45.0 Å². The maximum absolute atomic E-state index is 14.2. The molecular weight excluding hydrogens is 637 g/mol. The molecule has 3 aliphatic rings. The zero-order valence-corrected chi connectivity index (χ0v) is 29.2. The number of benzene rings is 3. The molecule has 0 bridgehead atoms. The first kappa shape index (κ1) is 32.7. The van der Waals surface area contributed by atoms with Crippen molar-refractivity contribution in [1.82, 2.24) is 4.90 Å². The summed E-state index contributed by atoms with van der Waals surface area (Å²) in [4.78, 5) is 30.6. The molecule has 3 heterocycles. The van der Waals surface area contributed by atoms with Crippen LogP contribution in [-0.2, 0) is 25.2 Å². The fourth-order valence-corrected chi connectivity index (χ4v) is 13.5. The number of allylic oxidation sites excluding steroid dienone is 1. The van der Waals surface area contributed by atoms with E-state index in [-0.39, 0.29) is 35.8 Å². The van der Waals surface area contributed by atoms with Crippen molar-refractivity contribution < 1.29 is 28.8 Å². The minimum atomic E-state index is -2.96. The lowest BCUT2D eigenvalue weighted by atomic mass is 9.55. The molecule has 4 atom stereocenters. The van der Waals surface area contributed by atoms with Crippen molar-refractivity contribution >= 4 is 49.0 Å². The molecule has 246 valence electrons. The van der Waals surface area contributed by atoms with Crippen molar-refractivity contribution in [1.29, 1.82) is 0 Å². The minimum Gasteiger partial charge on any atom is -0.508 e. The SMILES string of the molecule is CC(C)(C)[Si](OCC1=C2B(O)O[C@H](c3ccccc3O)C[C@H]2[C@H]2C(=O)N(Cc3cccs3)C(=O)[C@H]2C1)(c1ccccc1)c1ccccc1. The largest absolute Gasteiger partial charge is 0.508 e. The molecule has 1 aromatic heterocycles. The summed E-state index contributed by atoms with van der Waals surface area (Å²) in [5, 5.41) is 26.4. The van der Waals surface area contributed by atoms with Gasteiger partial charge >= 0.3 is 7.12 Å². The molecule has 0 unspecified atom stereocenters. The Morgan fingerprint density at radius 2 is 1.54 bits per heavy atom. The highest BCUT2D eigenvalue weighted by Gasteiger charge is 2.58. The lowest BCUT2D eigenvalue weighted by Gasteiger charge is -2.45. The Hall–Kier alpha value is -3.80. The highest BCUT2D eigenvalue weighted by atomic mass is 32.1. The second-order valence-corrected chi connectivity index (χ2v) is 19.4. The summed E-state index contributed by atoms with van der Waals surface area (Å²) in [6.07, 6.45) is 0.00325. The van der Waals surface area contributed by atoms with E-state index in [0.717, 1.165) is 20.8 Å². The van der Waals surface area contributed by atoms with Crippen LogP contribution in [0.25, 0.3) is 0 Å². The maximum atomic E-state index is 14.2. The molecular formula is C38H40BNO6SSi. The third kappa shape index (κ3) is 5.59. The molecule has 2 saturated heterocycles. The van der Waals surface area contributed by atoms with Gasteiger partial charge in [-0.05, 0) is 62.7 Å². The van der Waals surface area contributed by atoms with E-state index in [0.29, 0.717) is 23.9 Å². The van der Waals surface area contributed by atoms with Crippen molar-refractivity contribution in [3.63, 3.8) is 0 Å². The fraction of sp³-hybridized carbons (Fsp3) is 0.316. The number of carbonyl (C=O) groups excluding carboxylic acids is 2. The molecule has 0 spiro atoms. The number of aromatic hydroxyl groups is 1. The highest BCUT2D eigenvalue weighted by Crippen LogP contribution is 2.52. The van der Waals surface area contributed by atoms with Gasteiger partial charge in [-0.15, -0.1) is 11.3 Å². The van der Waals surface area contributed by atoms with Crippen molar-refractivity contribution in [2.24, 2.45) is 17.8 Å². The maximum Gasteiger partial charge on any atom is 0.487 e. The van der Waals surface area contributed by atoms with Gasteiger partial charge in [-0.1, -0.05) is 106 Å². The van der Waals surface area contributed by atoms with E-state index in [1.54, 1.807) is 18.2 Å². The normalized spacial score (nSPS) is 23.0. The highest BCUT2D eigenvalue weighted by molar-refractivity contribution is 7.09. The van der Waals surface area contributed by atoms with Crippen LogP contribution in [0, 0.1) is 17.8 Å². The third-order valence-corrected chi connectivity index (χ3v) is 16.2. The van der Waals surface area contributed by atoms with E-state index in [1.807, 2.05) is 60.0 Å². The number of rotatable bonds is 8. The summed E-state index contributed by atoms with van der Waals surface area (Å²) < 4.78 is 13.6. The Balaban J connectivity index is 1.31. The summed E-state index contributed by atoms with van der Waals surface area (Å²) in [6, 6.07) is 31.5. The second kappa shape index (κ2) is 12.9. The monoisotopic (exact) mass is 677 g/mol. The van der Waals surface area contributed by atoms with Gasteiger partial charge in [0.1, 0.15) is 5.75 Å². The number of phenols is 1. The molecule has 7 nitrogen and oxygen atoms in total. The summed E-state index contributed by atoms with van der Waals surface area (Å²) in [5.74, 6) is -1.98. The Labute approximate surface area is 287 Å². The second-order valence-electron chi connectivity index (χ2n) is 14.1. The molecule has 2 amide bonds. The minimum absolute atomic E-state index is 0.0675. The first-order valence-corrected chi connectivity index (χ1v) is 19.3. The molecule has 7 rings (SSSR count). The van der Waals surface area contributed by atoms with Crippen molar-refractivity contribution in [2.45, 2.75) is 51.3 Å². The Morgan fingerprint density at radius 1 is 0.896 bits per heavy atom. The number of hydrogen-bond acceptors (Lipinski definition) is 7. The molecule has 2 aliphatic heterocycles. The topological polar surface area (TPSA) is 96.3 Å². The number of para-hydroxylation sites is 1. The summed E-state index contributed by atoms with van der Waals surface area (Å²) in [5.41, 5.74) is 2.01. The number of thiophene rings is 1. The van der Waals surface area contributed by atoms with Crippen LogP contribution in [-0.4, -0.2) is 48.9 Å². The zero-order chi connectivity index (χ0) is 33.6. The molecule has 0 saturated carbocycles. The van der Waals surface area contributed by atoms with Crippen molar-refractivity contribution in [2.75, 3.05) is 6.61 Å². The van der Waals surface area contributed by atoms with E-state index >= 15 is 0 Å². The first-order valence-electron chi connectivity index (χ1n) is 16.6. The van der Waals surface area contributed by atoms with Gasteiger partial charge in [0.15, 0.2) is 0 Å². The van der Waals surface area contributed by atoms with Crippen LogP contribution in [0.2, 0.25) is 5.04 Å². The van der Waals surface area contributed by atoms with Crippen LogP contribution in [0.5, 0.6) is 5.75 Å². The average Bonchev–Trinajstić information content (AvgIpc) is 3.68. The quantitative estimate of drug-likeness (QED) is 0.186. The van der Waals surface area contributed by atoms with Crippen LogP contribution in [0.4, 0.5) is 0 Å². The zero-order valence-electron chi connectivity index (χ0n) is 27.4. The van der Waals surface area contributed by atoms with E-state index in [4.69, 9.17) is 9.08 Å². The molecule has 3 aromatic carbocycles.